The second kappa shape index (κ2) is 6.43. The Morgan fingerprint density at radius 3 is 2.62 bits per heavy atom. The van der Waals surface area contributed by atoms with Gasteiger partial charge in [-0.3, -0.25) is 9.69 Å². The van der Waals surface area contributed by atoms with Crippen molar-refractivity contribution in [3.63, 3.8) is 0 Å². The molecule has 1 aromatic rings. The van der Waals surface area contributed by atoms with Crippen molar-refractivity contribution in [3.8, 4) is 0 Å². The molecule has 0 aromatic heterocycles. The molecule has 0 saturated carbocycles. The first-order chi connectivity index (χ1) is 11.3. The maximum Gasteiger partial charge on any atom is 0.416 e. The summed E-state index contributed by atoms with van der Waals surface area (Å²) in [6.07, 6.45) is -3.58. The van der Waals surface area contributed by atoms with Crippen molar-refractivity contribution >= 4 is 11.9 Å². The molecule has 2 aliphatic heterocycles. The number of nitrogens with one attached hydrogen (secondary N) is 2. The van der Waals surface area contributed by atoms with Gasteiger partial charge in [-0.15, -0.1) is 0 Å². The fourth-order valence-electron chi connectivity index (χ4n) is 3.19. The van der Waals surface area contributed by atoms with Gasteiger partial charge in [0.15, 0.2) is 0 Å². The van der Waals surface area contributed by atoms with Crippen LogP contribution in [0.1, 0.15) is 17.5 Å². The SMILES string of the molecule is O=C(NCc1ccc(C(F)(F)F)cc1)N1CC2CNCC(C2)C1=O. The number of urea groups is 1. The molecule has 0 aliphatic carbocycles. The van der Waals surface area contributed by atoms with Crippen molar-refractivity contribution in [1.82, 2.24) is 15.5 Å². The number of imide groups is 1. The summed E-state index contributed by atoms with van der Waals surface area (Å²) < 4.78 is 37.5. The van der Waals surface area contributed by atoms with Crippen molar-refractivity contribution in [1.29, 1.82) is 0 Å². The Balaban J connectivity index is 1.58. The minimum absolute atomic E-state index is 0.0777. The fraction of sp³-hybridized carbons (Fsp3) is 0.500. The molecule has 2 saturated heterocycles. The van der Waals surface area contributed by atoms with E-state index in [9.17, 15) is 22.8 Å². The molecule has 2 unspecified atom stereocenters. The van der Waals surface area contributed by atoms with Crippen LogP contribution in [-0.4, -0.2) is 36.5 Å². The summed E-state index contributed by atoms with van der Waals surface area (Å²) in [5.74, 6) is -0.101. The topological polar surface area (TPSA) is 61.4 Å². The quantitative estimate of drug-likeness (QED) is 0.865. The summed E-state index contributed by atoms with van der Waals surface area (Å²) in [6, 6.07) is 4.10. The number of carbonyl (C=O) groups is 2. The van der Waals surface area contributed by atoms with E-state index in [1.807, 2.05) is 0 Å². The van der Waals surface area contributed by atoms with Crippen LogP contribution in [0.2, 0.25) is 0 Å². The van der Waals surface area contributed by atoms with Crippen molar-refractivity contribution in [3.05, 3.63) is 35.4 Å². The Hall–Kier alpha value is -2.09. The number of alkyl halides is 3. The zero-order valence-corrected chi connectivity index (χ0v) is 12.9. The first-order valence-corrected chi connectivity index (χ1v) is 7.80. The second-order valence-electron chi connectivity index (χ2n) is 6.26. The van der Waals surface area contributed by atoms with E-state index >= 15 is 0 Å². The summed E-state index contributed by atoms with van der Waals surface area (Å²) in [5, 5.41) is 5.79. The summed E-state index contributed by atoms with van der Waals surface area (Å²) >= 11 is 0. The number of hydrogen-bond donors (Lipinski definition) is 2. The first-order valence-electron chi connectivity index (χ1n) is 7.80. The fourth-order valence-corrected chi connectivity index (χ4v) is 3.19. The number of halogens is 3. The Morgan fingerprint density at radius 1 is 1.25 bits per heavy atom. The van der Waals surface area contributed by atoms with Gasteiger partial charge >= 0.3 is 12.2 Å². The number of piperidine rings is 2. The van der Waals surface area contributed by atoms with E-state index < -0.39 is 17.8 Å². The second-order valence-corrected chi connectivity index (χ2v) is 6.26. The molecule has 2 fully saturated rings. The minimum Gasteiger partial charge on any atom is -0.334 e. The zero-order chi connectivity index (χ0) is 17.3. The Labute approximate surface area is 137 Å². The number of amides is 3. The number of nitrogens with zero attached hydrogens (tertiary/aromatic N) is 1. The number of carbonyl (C=O) groups excluding carboxylic acids is 2. The number of fused-ring (bicyclic) bond motifs is 2. The molecule has 1 aromatic carbocycles. The summed E-state index contributed by atoms with van der Waals surface area (Å²) in [5.41, 5.74) is -0.188. The van der Waals surface area contributed by atoms with E-state index in [4.69, 9.17) is 0 Å². The molecule has 24 heavy (non-hydrogen) atoms. The van der Waals surface area contributed by atoms with Crippen molar-refractivity contribution < 1.29 is 22.8 Å². The Kier molecular flexibility index (Phi) is 4.49. The molecule has 2 bridgehead atoms. The Morgan fingerprint density at radius 2 is 1.96 bits per heavy atom. The maximum absolute atomic E-state index is 12.5. The highest BCUT2D eigenvalue weighted by Crippen LogP contribution is 2.29. The zero-order valence-electron chi connectivity index (χ0n) is 12.9. The Bertz CT molecular complexity index is 630. The van der Waals surface area contributed by atoms with Gasteiger partial charge in [0.05, 0.1) is 11.5 Å². The molecule has 2 heterocycles. The van der Waals surface area contributed by atoms with Crippen LogP contribution in [0.3, 0.4) is 0 Å². The van der Waals surface area contributed by atoms with Crippen molar-refractivity contribution in [2.45, 2.75) is 19.1 Å². The van der Waals surface area contributed by atoms with Gasteiger partial charge in [0.25, 0.3) is 0 Å². The van der Waals surface area contributed by atoms with Gasteiger partial charge in [-0.05, 0) is 36.6 Å². The molecule has 8 heteroatoms. The highest BCUT2D eigenvalue weighted by Gasteiger charge is 2.39. The van der Waals surface area contributed by atoms with Crippen molar-refractivity contribution in [2.75, 3.05) is 19.6 Å². The molecule has 0 radical (unpaired) electrons. The van der Waals surface area contributed by atoms with Gasteiger partial charge in [-0.25, -0.2) is 4.79 Å². The third-order valence-electron chi connectivity index (χ3n) is 4.47. The van der Waals surface area contributed by atoms with Crippen LogP contribution in [0, 0.1) is 11.8 Å². The monoisotopic (exact) mass is 341 g/mol. The lowest BCUT2D eigenvalue weighted by Crippen LogP contribution is -2.58. The van der Waals surface area contributed by atoms with Gasteiger partial charge in [0.1, 0.15) is 0 Å². The predicted octanol–water partition coefficient (Wildman–Crippen LogP) is 1.98. The molecular formula is C16H18F3N3O2. The van der Waals surface area contributed by atoms with Crippen molar-refractivity contribution in [2.24, 2.45) is 11.8 Å². The minimum atomic E-state index is -4.38. The summed E-state index contributed by atoms with van der Waals surface area (Å²) in [4.78, 5) is 25.7. The van der Waals surface area contributed by atoms with Crippen LogP contribution in [0.4, 0.5) is 18.0 Å². The average Bonchev–Trinajstić information content (AvgIpc) is 2.56. The highest BCUT2D eigenvalue weighted by molar-refractivity contribution is 5.96. The van der Waals surface area contributed by atoms with E-state index in [1.54, 1.807) is 0 Å². The molecule has 5 nitrogen and oxygen atoms in total. The van der Waals surface area contributed by atoms with Gasteiger partial charge < -0.3 is 10.6 Å². The maximum atomic E-state index is 12.5. The molecule has 3 rings (SSSR count). The van der Waals surface area contributed by atoms with Gasteiger partial charge in [0, 0.05) is 19.6 Å². The van der Waals surface area contributed by atoms with Crippen LogP contribution in [-0.2, 0) is 17.5 Å². The van der Waals surface area contributed by atoms with Crippen LogP contribution >= 0.6 is 0 Å². The third kappa shape index (κ3) is 3.53. The van der Waals surface area contributed by atoms with Crippen LogP contribution < -0.4 is 10.6 Å². The average molecular weight is 341 g/mol. The molecule has 2 aliphatic rings. The number of likely N-dealkylation sites (tertiary alicyclic amines) is 1. The van der Waals surface area contributed by atoms with E-state index in [-0.39, 0.29) is 24.3 Å². The lowest BCUT2D eigenvalue weighted by atomic mass is 9.85. The predicted molar refractivity (Wildman–Crippen MR) is 79.9 cm³/mol. The standard InChI is InChI=1S/C16H18F3N3O2/c17-16(18,19)13-3-1-10(2-4-13)7-21-15(24)22-9-11-5-12(14(22)23)8-20-6-11/h1-4,11-12,20H,5-9H2,(H,21,24). The smallest absolute Gasteiger partial charge is 0.334 e. The van der Waals surface area contributed by atoms with Gasteiger partial charge in [-0.1, -0.05) is 12.1 Å². The van der Waals surface area contributed by atoms with E-state index in [0.717, 1.165) is 25.1 Å². The first kappa shape index (κ1) is 16.8. The summed E-state index contributed by atoms with van der Waals surface area (Å²) in [6.45, 7) is 1.82. The van der Waals surface area contributed by atoms with Crippen LogP contribution in [0.25, 0.3) is 0 Å². The largest absolute Gasteiger partial charge is 0.416 e. The van der Waals surface area contributed by atoms with Gasteiger partial charge in [0.2, 0.25) is 5.91 Å². The molecular weight excluding hydrogens is 323 g/mol. The molecule has 3 amide bonds. The molecule has 130 valence electrons. The van der Waals surface area contributed by atoms with E-state index in [2.05, 4.69) is 10.6 Å². The lowest BCUT2D eigenvalue weighted by molar-refractivity contribution is -0.138. The highest BCUT2D eigenvalue weighted by atomic mass is 19.4. The number of benzene rings is 1. The molecule has 2 N–H and O–H groups in total. The molecule has 2 atom stereocenters. The number of hydrogen-bond acceptors (Lipinski definition) is 3. The van der Waals surface area contributed by atoms with Crippen LogP contribution in [0.15, 0.2) is 24.3 Å². The van der Waals surface area contributed by atoms with Gasteiger partial charge in [-0.2, -0.15) is 13.2 Å². The van der Waals surface area contributed by atoms with Crippen LogP contribution in [0.5, 0.6) is 0 Å². The van der Waals surface area contributed by atoms with E-state index in [0.29, 0.717) is 18.7 Å². The lowest BCUT2D eigenvalue weighted by Gasteiger charge is -2.39. The third-order valence-corrected chi connectivity index (χ3v) is 4.47. The summed E-state index contributed by atoms with van der Waals surface area (Å²) in [7, 11) is 0. The normalized spacial score (nSPS) is 24.0. The van der Waals surface area contributed by atoms with E-state index in [1.165, 1.54) is 17.0 Å². The number of rotatable bonds is 2. The molecule has 0 spiro atoms.